The standard InChI is InChI=1S/C23H31N3O3/c27-21-15-20(17-26(21)16-18-7-3-1-4-8-18)23(29)25-13-11-24(12-14-25)22(28)19-9-5-2-6-10-19/h1,3-4,7-8,19-20H,2,5-6,9-17H2. The molecule has 1 aromatic rings. The summed E-state index contributed by atoms with van der Waals surface area (Å²) in [5.74, 6) is 0.329. The Balaban J connectivity index is 1.27. The van der Waals surface area contributed by atoms with E-state index in [0.717, 1.165) is 31.2 Å². The third-order valence-corrected chi connectivity index (χ3v) is 6.64. The molecule has 1 aromatic carbocycles. The second-order valence-electron chi connectivity index (χ2n) is 8.65. The van der Waals surface area contributed by atoms with E-state index in [0.29, 0.717) is 45.7 Å². The number of amides is 3. The van der Waals surface area contributed by atoms with Gasteiger partial charge in [0.05, 0.1) is 5.92 Å². The Morgan fingerprint density at radius 3 is 2.03 bits per heavy atom. The van der Waals surface area contributed by atoms with Crippen LogP contribution in [0, 0.1) is 11.8 Å². The molecule has 156 valence electrons. The summed E-state index contributed by atoms with van der Waals surface area (Å²) in [6.07, 6.45) is 5.88. The lowest BCUT2D eigenvalue weighted by Crippen LogP contribution is -2.53. The summed E-state index contributed by atoms with van der Waals surface area (Å²) in [7, 11) is 0. The van der Waals surface area contributed by atoms with Crippen molar-refractivity contribution in [3.8, 4) is 0 Å². The monoisotopic (exact) mass is 397 g/mol. The summed E-state index contributed by atoms with van der Waals surface area (Å²) in [5, 5.41) is 0. The van der Waals surface area contributed by atoms with Crippen LogP contribution in [0.1, 0.15) is 44.1 Å². The molecule has 6 heteroatoms. The van der Waals surface area contributed by atoms with Crippen LogP contribution in [0.2, 0.25) is 0 Å². The molecule has 3 aliphatic rings. The highest BCUT2D eigenvalue weighted by atomic mass is 16.2. The lowest BCUT2D eigenvalue weighted by atomic mass is 9.88. The predicted octanol–water partition coefficient (Wildman–Crippen LogP) is 2.29. The van der Waals surface area contributed by atoms with E-state index in [4.69, 9.17) is 0 Å². The van der Waals surface area contributed by atoms with Crippen molar-refractivity contribution in [2.45, 2.75) is 45.1 Å². The third kappa shape index (κ3) is 4.62. The molecule has 2 heterocycles. The number of piperazine rings is 1. The lowest BCUT2D eigenvalue weighted by molar-refractivity contribution is -0.144. The molecule has 1 saturated carbocycles. The van der Waals surface area contributed by atoms with Crippen molar-refractivity contribution < 1.29 is 14.4 Å². The Hall–Kier alpha value is -2.37. The second-order valence-corrected chi connectivity index (χ2v) is 8.65. The molecule has 3 amide bonds. The first-order valence-corrected chi connectivity index (χ1v) is 11.0. The highest BCUT2D eigenvalue weighted by molar-refractivity contribution is 5.89. The van der Waals surface area contributed by atoms with E-state index in [1.807, 2.05) is 40.1 Å². The Labute approximate surface area is 172 Å². The molecule has 29 heavy (non-hydrogen) atoms. The average molecular weight is 398 g/mol. The summed E-state index contributed by atoms with van der Waals surface area (Å²) >= 11 is 0. The zero-order valence-corrected chi connectivity index (χ0v) is 17.1. The Morgan fingerprint density at radius 2 is 1.41 bits per heavy atom. The van der Waals surface area contributed by atoms with Gasteiger partial charge in [-0.25, -0.2) is 0 Å². The van der Waals surface area contributed by atoms with Crippen molar-refractivity contribution in [3.05, 3.63) is 35.9 Å². The van der Waals surface area contributed by atoms with Gasteiger partial charge in [0.1, 0.15) is 0 Å². The Kier molecular flexibility index (Phi) is 6.16. The minimum Gasteiger partial charge on any atom is -0.339 e. The molecule has 0 radical (unpaired) electrons. The minimum atomic E-state index is -0.258. The summed E-state index contributed by atoms with van der Waals surface area (Å²) in [4.78, 5) is 43.7. The normalized spacial score (nSPS) is 23.5. The van der Waals surface area contributed by atoms with Gasteiger partial charge in [-0.3, -0.25) is 14.4 Å². The number of rotatable bonds is 4. The van der Waals surface area contributed by atoms with Crippen LogP contribution in [0.15, 0.2) is 30.3 Å². The molecule has 2 saturated heterocycles. The van der Waals surface area contributed by atoms with E-state index in [-0.39, 0.29) is 29.6 Å². The van der Waals surface area contributed by atoms with E-state index in [1.165, 1.54) is 6.42 Å². The van der Waals surface area contributed by atoms with Crippen molar-refractivity contribution in [3.63, 3.8) is 0 Å². The zero-order valence-electron chi connectivity index (χ0n) is 17.1. The van der Waals surface area contributed by atoms with E-state index >= 15 is 0 Å². The summed E-state index contributed by atoms with van der Waals surface area (Å²) < 4.78 is 0. The number of likely N-dealkylation sites (tertiary alicyclic amines) is 1. The van der Waals surface area contributed by atoms with E-state index in [2.05, 4.69) is 0 Å². The average Bonchev–Trinajstić information content (AvgIpc) is 3.14. The molecule has 0 bridgehead atoms. The molecule has 0 spiro atoms. The van der Waals surface area contributed by atoms with E-state index < -0.39 is 0 Å². The number of carbonyl (C=O) groups is 3. The molecule has 3 fully saturated rings. The van der Waals surface area contributed by atoms with Gasteiger partial charge in [0, 0.05) is 51.6 Å². The van der Waals surface area contributed by atoms with Gasteiger partial charge in [-0.2, -0.15) is 0 Å². The fraction of sp³-hybridized carbons (Fsp3) is 0.609. The number of benzene rings is 1. The van der Waals surface area contributed by atoms with Crippen LogP contribution < -0.4 is 0 Å². The van der Waals surface area contributed by atoms with Crippen LogP contribution in [0.5, 0.6) is 0 Å². The van der Waals surface area contributed by atoms with Gasteiger partial charge in [-0.1, -0.05) is 49.6 Å². The van der Waals surface area contributed by atoms with Crippen LogP contribution in [-0.2, 0) is 20.9 Å². The molecular formula is C23H31N3O3. The first-order valence-electron chi connectivity index (χ1n) is 11.0. The number of nitrogens with zero attached hydrogens (tertiary/aromatic N) is 3. The smallest absolute Gasteiger partial charge is 0.228 e. The van der Waals surface area contributed by atoms with Gasteiger partial charge in [0.25, 0.3) is 0 Å². The van der Waals surface area contributed by atoms with Crippen LogP contribution in [0.3, 0.4) is 0 Å². The molecule has 0 aromatic heterocycles. The SMILES string of the molecule is O=C1CC(C(=O)N2CCN(C(=O)C3CCCCC3)CC2)CN1Cc1ccccc1. The maximum atomic E-state index is 13.0. The van der Waals surface area contributed by atoms with Gasteiger partial charge in [-0.05, 0) is 18.4 Å². The van der Waals surface area contributed by atoms with Crippen LogP contribution >= 0.6 is 0 Å². The first-order chi connectivity index (χ1) is 14.1. The molecule has 6 nitrogen and oxygen atoms in total. The lowest BCUT2D eigenvalue weighted by Gasteiger charge is -2.38. The van der Waals surface area contributed by atoms with E-state index in [9.17, 15) is 14.4 Å². The van der Waals surface area contributed by atoms with Gasteiger partial charge < -0.3 is 14.7 Å². The molecule has 2 aliphatic heterocycles. The van der Waals surface area contributed by atoms with E-state index in [1.54, 1.807) is 4.90 Å². The Morgan fingerprint density at radius 1 is 0.828 bits per heavy atom. The first kappa shape index (κ1) is 19.9. The third-order valence-electron chi connectivity index (χ3n) is 6.64. The molecule has 1 unspecified atom stereocenters. The highest BCUT2D eigenvalue weighted by Gasteiger charge is 2.38. The van der Waals surface area contributed by atoms with Crippen molar-refractivity contribution in [1.29, 1.82) is 0 Å². The number of carbonyl (C=O) groups excluding carboxylic acids is 3. The molecule has 4 rings (SSSR count). The fourth-order valence-electron chi connectivity index (χ4n) is 4.91. The van der Waals surface area contributed by atoms with Crippen LogP contribution in [-0.4, -0.2) is 65.1 Å². The van der Waals surface area contributed by atoms with Gasteiger partial charge >= 0.3 is 0 Å². The minimum absolute atomic E-state index is 0.0540. The van der Waals surface area contributed by atoms with Crippen molar-refractivity contribution >= 4 is 17.7 Å². The quantitative estimate of drug-likeness (QED) is 0.783. The van der Waals surface area contributed by atoms with Gasteiger partial charge in [0.2, 0.25) is 17.7 Å². The summed E-state index contributed by atoms with van der Waals surface area (Å²) in [6.45, 7) is 3.47. The van der Waals surface area contributed by atoms with Gasteiger partial charge in [-0.15, -0.1) is 0 Å². The zero-order chi connectivity index (χ0) is 20.2. The van der Waals surface area contributed by atoms with Crippen molar-refractivity contribution in [2.75, 3.05) is 32.7 Å². The largest absolute Gasteiger partial charge is 0.339 e. The molecule has 1 atom stereocenters. The number of hydrogen-bond donors (Lipinski definition) is 0. The van der Waals surface area contributed by atoms with Gasteiger partial charge in [0.15, 0.2) is 0 Å². The summed E-state index contributed by atoms with van der Waals surface area (Å²) in [6, 6.07) is 9.90. The summed E-state index contributed by atoms with van der Waals surface area (Å²) in [5.41, 5.74) is 1.09. The maximum absolute atomic E-state index is 13.0. The predicted molar refractivity (Wildman–Crippen MR) is 110 cm³/mol. The maximum Gasteiger partial charge on any atom is 0.228 e. The Bertz CT molecular complexity index is 737. The van der Waals surface area contributed by atoms with Crippen molar-refractivity contribution in [1.82, 2.24) is 14.7 Å². The molecular weight excluding hydrogens is 366 g/mol. The van der Waals surface area contributed by atoms with Crippen LogP contribution in [0.4, 0.5) is 0 Å². The van der Waals surface area contributed by atoms with Crippen molar-refractivity contribution in [2.24, 2.45) is 11.8 Å². The highest BCUT2D eigenvalue weighted by Crippen LogP contribution is 2.27. The molecule has 0 N–H and O–H groups in total. The fourth-order valence-corrected chi connectivity index (χ4v) is 4.91. The number of hydrogen-bond acceptors (Lipinski definition) is 3. The second kappa shape index (κ2) is 8.97. The van der Waals surface area contributed by atoms with Crippen LogP contribution in [0.25, 0.3) is 0 Å². The topological polar surface area (TPSA) is 60.9 Å². The molecule has 1 aliphatic carbocycles.